The number of carbonyl (C=O) groups excluding carboxylic acids is 1. The second-order valence-electron chi connectivity index (χ2n) is 7.48. The largest absolute Gasteiger partial charge is 0.490 e. The summed E-state index contributed by atoms with van der Waals surface area (Å²) in [6.07, 6.45) is 3.97. The first kappa shape index (κ1) is 20.5. The lowest BCUT2D eigenvalue weighted by molar-refractivity contribution is -0.130. The maximum absolute atomic E-state index is 11.9. The molecule has 1 saturated heterocycles. The van der Waals surface area contributed by atoms with Gasteiger partial charge in [0.05, 0.1) is 30.7 Å². The SMILES string of the molecule is CCC(=O)N1CCC(Oc2ccc3c(c2)N(c2ccc(S(C)(=O)=O)nc2)CCO3)C1. The van der Waals surface area contributed by atoms with E-state index in [9.17, 15) is 13.2 Å². The normalized spacial score (nSPS) is 18.7. The van der Waals surface area contributed by atoms with Gasteiger partial charge in [0, 0.05) is 31.7 Å². The van der Waals surface area contributed by atoms with Crippen molar-refractivity contribution in [2.45, 2.75) is 30.9 Å². The van der Waals surface area contributed by atoms with Crippen LogP contribution < -0.4 is 14.4 Å². The van der Waals surface area contributed by atoms with E-state index in [1.54, 1.807) is 12.3 Å². The highest BCUT2D eigenvalue weighted by atomic mass is 32.2. The molecule has 1 amide bonds. The van der Waals surface area contributed by atoms with Crippen molar-refractivity contribution in [3.05, 3.63) is 36.5 Å². The van der Waals surface area contributed by atoms with Crippen LogP contribution in [0.2, 0.25) is 0 Å². The first-order valence-electron chi connectivity index (χ1n) is 10.00. The highest BCUT2D eigenvalue weighted by Crippen LogP contribution is 2.39. The molecule has 3 heterocycles. The number of fused-ring (bicyclic) bond motifs is 1. The van der Waals surface area contributed by atoms with E-state index in [1.807, 2.05) is 34.9 Å². The number of aromatic nitrogens is 1. The number of anilines is 2. The molecule has 2 aromatic rings. The summed E-state index contributed by atoms with van der Waals surface area (Å²) in [4.78, 5) is 19.9. The number of rotatable bonds is 5. The zero-order valence-corrected chi connectivity index (χ0v) is 17.9. The summed E-state index contributed by atoms with van der Waals surface area (Å²) in [7, 11) is -3.35. The van der Waals surface area contributed by atoms with Crippen molar-refractivity contribution in [1.82, 2.24) is 9.88 Å². The maximum atomic E-state index is 11.9. The summed E-state index contributed by atoms with van der Waals surface area (Å²) in [5.74, 6) is 1.59. The Balaban J connectivity index is 1.54. The van der Waals surface area contributed by atoms with E-state index in [4.69, 9.17) is 9.47 Å². The Bertz CT molecular complexity index is 1040. The second-order valence-corrected chi connectivity index (χ2v) is 9.44. The van der Waals surface area contributed by atoms with Crippen LogP contribution in [0.1, 0.15) is 19.8 Å². The topological polar surface area (TPSA) is 89.0 Å². The zero-order valence-electron chi connectivity index (χ0n) is 17.1. The molecular formula is C21H25N3O5S. The third-order valence-electron chi connectivity index (χ3n) is 5.31. The second kappa shape index (κ2) is 8.14. The molecule has 2 aliphatic heterocycles. The van der Waals surface area contributed by atoms with Crippen LogP contribution in [0.25, 0.3) is 0 Å². The molecule has 0 spiro atoms. The zero-order chi connectivity index (χ0) is 21.3. The Morgan fingerprint density at radius 1 is 1.27 bits per heavy atom. The third kappa shape index (κ3) is 4.21. The van der Waals surface area contributed by atoms with Crippen LogP contribution in [0.5, 0.6) is 11.5 Å². The number of carbonyl (C=O) groups is 1. The fourth-order valence-corrected chi connectivity index (χ4v) is 4.32. The highest BCUT2D eigenvalue weighted by molar-refractivity contribution is 7.90. The molecule has 0 radical (unpaired) electrons. The molecule has 0 aliphatic carbocycles. The Morgan fingerprint density at radius 2 is 2.10 bits per heavy atom. The average molecular weight is 432 g/mol. The van der Waals surface area contributed by atoms with Crippen molar-refractivity contribution < 1.29 is 22.7 Å². The van der Waals surface area contributed by atoms with Crippen molar-refractivity contribution in [1.29, 1.82) is 0 Å². The lowest BCUT2D eigenvalue weighted by Crippen LogP contribution is -2.30. The van der Waals surface area contributed by atoms with Crippen molar-refractivity contribution in [2.24, 2.45) is 0 Å². The fraction of sp³-hybridized carbons (Fsp3) is 0.429. The van der Waals surface area contributed by atoms with Crippen LogP contribution in [-0.2, 0) is 14.6 Å². The average Bonchev–Trinajstić information content (AvgIpc) is 3.20. The smallest absolute Gasteiger partial charge is 0.222 e. The van der Waals surface area contributed by atoms with Crippen LogP contribution >= 0.6 is 0 Å². The first-order valence-corrected chi connectivity index (χ1v) is 11.9. The number of sulfone groups is 1. The standard InChI is InChI=1S/C21H25N3O5S/c1-3-21(25)23-9-8-17(14-23)29-16-5-6-19-18(12-16)24(10-11-28-19)15-4-7-20(22-13-15)30(2,26)27/h4-7,12-13,17H,3,8-11,14H2,1-2H3. The van der Waals surface area contributed by atoms with E-state index in [0.29, 0.717) is 31.9 Å². The molecule has 1 atom stereocenters. The summed E-state index contributed by atoms with van der Waals surface area (Å²) in [5.41, 5.74) is 1.62. The quantitative estimate of drug-likeness (QED) is 0.718. The number of likely N-dealkylation sites (tertiary alicyclic amines) is 1. The van der Waals surface area contributed by atoms with Crippen LogP contribution in [0.3, 0.4) is 0 Å². The van der Waals surface area contributed by atoms with Crippen molar-refractivity contribution >= 4 is 27.1 Å². The van der Waals surface area contributed by atoms with Gasteiger partial charge in [-0.1, -0.05) is 6.92 Å². The predicted molar refractivity (Wildman–Crippen MR) is 112 cm³/mol. The Labute approximate surface area is 176 Å². The highest BCUT2D eigenvalue weighted by Gasteiger charge is 2.27. The molecule has 0 bridgehead atoms. The molecule has 9 heteroatoms. The number of benzene rings is 1. The first-order chi connectivity index (χ1) is 14.3. The van der Waals surface area contributed by atoms with E-state index in [-0.39, 0.29) is 17.0 Å². The minimum Gasteiger partial charge on any atom is -0.490 e. The van der Waals surface area contributed by atoms with Crippen molar-refractivity contribution in [3.8, 4) is 11.5 Å². The van der Waals surface area contributed by atoms with Gasteiger partial charge in [-0.3, -0.25) is 4.79 Å². The summed E-state index contributed by atoms with van der Waals surface area (Å²) >= 11 is 0. The molecule has 8 nitrogen and oxygen atoms in total. The van der Waals surface area contributed by atoms with Crippen molar-refractivity contribution in [2.75, 3.05) is 37.4 Å². The van der Waals surface area contributed by atoms with Gasteiger partial charge in [0.25, 0.3) is 0 Å². The molecule has 1 fully saturated rings. The van der Waals surface area contributed by atoms with E-state index < -0.39 is 9.84 Å². The van der Waals surface area contributed by atoms with Crippen LogP contribution in [0, 0.1) is 0 Å². The Kier molecular flexibility index (Phi) is 5.55. The fourth-order valence-electron chi connectivity index (χ4n) is 3.76. The van der Waals surface area contributed by atoms with Crippen LogP contribution in [0.4, 0.5) is 11.4 Å². The summed E-state index contributed by atoms with van der Waals surface area (Å²) in [6, 6.07) is 8.93. The minimum absolute atomic E-state index is 0.0350. The van der Waals surface area contributed by atoms with Gasteiger partial charge < -0.3 is 19.3 Å². The number of pyridine rings is 1. The molecule has 0 saturated carbocycles. The molecule has 1 unspecified atom stereocenters. The van der Waals surface area contributed by atoms with Gasteiger partial charge in [0.2, 0.25) is 5.91 Å². The molecule has 0 N–H and O–H groups in total. The predicted octanol–water partition coefficient (Wildman–Crippen LogP) is 2.41. The molecule has 4 rings (SSSR count). The van der Waals surface area contributed by atoms with Crippen molar-refractivity contribution in [3.63, 3.8) is 0 Å². The monoisotopic (exact) mass is 431 g/mol. The van der Waals surface area contributed by atoms with E-state index in [1.165, 1.54) is 6.07 Å². The molecular weight excluding hydrogens is 406 g/mol. The molecule has 1 aromatic heterocycles. The Hall–Kier alpha value is -2.81. The molecule has 160 valence electrons. The number of nitrogens with zero attached hydrogens (tertiary/aromatic N) is 3. The summed E-state index contributed by atoms with van der Waals surface area (Å²) in [5, 5.41) is 0.0456. The van der Waals surface area contributed by atoms with Gasteiger partial charge in [-0.05, 0) is 24.3 Å². The molecule has 2 aliphatic rings. The number of ether oxygens (including phenoxy) is 2. The van der Waals surface area contributed by atoms with E-state index >= 15 is 0 Å². The lowest BCUT2D eigenvalue weighted by atomic mass is 10.2. The van der Waals surface area contributed by atoms with Gasteiger partial charge in [0.15, 0.2) is 14.9 Å². The van der Waals surface area contributed by atoms with Gasteiger partial charge >= 0.3 is 0 Å². The minimum atomic E-state index is -3.35. The maximum Gasteiger partial charge on any atom is 0.222 e. The summed E-state index contributed by atoms with van der Waals surface area (Å²) < 4.78 is 35.3. The van der Waals surface area contributed by atoms with Crippen LogP contribution in [0.15, 0.2) is 41.6 Å². The summed E-state index contributed by atoms with van der Waals surface area (Å²) in [6.45, 7) is 4.30. The van der Waals surface area contributed by atoms with Gasteiger partial charge in [-0.15, -0.1) is 0 Å². The van der Waals surface area contributed by atoms with Crippen LogP contribution in [-0.4, -0.2) is 62.8 Å². The van der Waals surface area contributed by atoms with E-state index in [2.05, 4.69) is 4.98 Å². The van der Waals surface area contributed by atoms with Gasteiger partial charge in [-0.25, -0.2) is 13.4 Å². The van der Waals surface area contributed by atoms with E-state index in [0.717, 1.165) is 36.3 Å². The molecule has 30 heavy (non-hydrogen) atoms. The lowest BCUT2D eigenvalue weighted by Gasteiger charge is -2.31. The number of amides is 1. The number of hydrogen-bond donors (Lipinski definition) is 0. The van der Waals surface area contributed by atoms with Gasteiger partial charge in [0.1, 0.15) is 24.2 Å². The Morgan fingerprint density at radius 3 is 2.80 bits per heavy atom. The number of hydrogen-bond acceptors (Lipinski definition) is 7. The molecule has 1 aromatic carbocycles. The van der Waals surface area contributed by atoms with Gasteiger partial charge in [-0.2, -0.15) is 0 Å². The third-order valence-corrected chi connectivity index (χ3v) is 6.31.